The van der Waals surface area contributed by atoms with Crippen molar-refractivity contribution in [2.75, 3.05) is 11.8 Å². The van der Waals surface area contributed by atoms with Crippen molar-refractivity contribution in [3.63, 3.8) is 0 Å². The second-order valence-electron chi connectivity index (χ2n) is 6.08. The number of rotatable bonds is 12. The fraction of sp³-hybridized carbons (Fsp3) is 0.667. The maximum Gasteiger partial charge on any atom is 0.139 e. The predicted octanol–water partition coefficient (Wildman–Crippen LogP) is 5.39. The van der Waals surface area contributed by atoms with Crippen molar-refractivity contribution in [1.29, 1.82) is 0 Å². The number of unbranched alkanes of at least 4 members (excludes halogenated alkanes) is 6. The Kier molecular flexibility index (Phi) is 11.8. The highest BCUT2D eigenvalue weighted by molar-refractivity contribution is 9.10. The minimum Gasteiger partial charge on any atom is -0.127 e. The SMILES string of the molecule is Bc1cc(CCCCCCCl)c(Br)cc1CCCCCCCl. The van der Waals surface area contributed by atoms with Gasteiger partial charge in [0.1, 0.15) is 7.85 Å². The van der Waals surface area contributed by atoms with Gasteiger partial charge in [-0.05, 0) is 50.2 Å². The maximum absolute atomic E-state index is 5.72. The van der Waals surface area contributed by atoms with Crippen molar-refractivity contribution in [2.24, 2.45) is 0 Å². The molecular formula is C18H28BBrCl2. The molecule has 0 heterocycles. The van der Waals surface area contributed by atoms with E-state index in [9.17, 15) is 0 Å². The third-order valence-electron chi connectivity index (χ3n) is 4.16. The zero-order valence-electron chi connectivity index (χ0n) is 13.8. The molecule has 0 N–H and O–H groups in total. The van der Waals surface area contributed by atoms with Gasteiger partial charge in [-0.15, -0.1) is 23.2 Å². The third kappa shape index (κ3) is 8.27. The second-order valence-corrected chi connectivity index (χ2v) is 7.69. The highest BCUT2D eigenvalue weighted by Crippen LogP contribution is 2.21. The molecule has 1 rings (SSSR count). The number of alkyl halides is 2. The van der Waals surface area contributed by atoms with E-state index in [-0.39, 0.29) is 0 Å². The second kappa shape index (κ2) is 12.7. The van der Waals surface area contributed by atoms with Crippen LogP contribution in [-0.4, -0.2) is 19.6 Å². The van der Waals surface area contributed by atoms with Gasteiger partial charge in [0, 0.05) is 16.2 Å². The molecule has 0 aromatic heterocycles. The van der Waals surface area contributed by atoms with Crippen LogP contribution in [0.5, 0.6) is 0 Å². The molecule has 0 nitrogen and oxygen atoms in total. The van der Waals surface area contributed by atoms with Gasteiger partial charge in [-0.3, -0.25) is 0 Å². The van der Waals surface area contributed by atoms with Crippen LogP contribution in [0.25, 0.3) is 0 Å². The summed E-state index contributed by atoms with van der Waals surface area (Å²) in [6.45, 7) is 0. The maximum atomic E-state index is 5.72. The van der Waals surface area contributed by atoms with Gasteiger partial charge in [0.2, 0.25) is 0 Å². The van der Waals surface area contributed by atoms with Gasteiger partial charge in [0.05, 0.1) is 0 Å². The molecule has 0 saturated carbocycles. The smallest absolute Gasteiger partial charge is 0.127 e. The van der Waals surface area contributed by atoms with Crippen molar-refractivity contribution in [3.8, 4) is 0 Å². The topological polar surface area (TPSA) is 0 Å². The molecule has 0 fully saturated rings. The van der Waals surface area contributed by atoms with Crippen LogP contribution in [0, 0.1) is 0 Å². The summed E-state index contributed by atoms with van der Waals surface area (Å²) in [7, 11) is 2.25. The quantitative estimate of drug-likeness (QED) is 0.248. The molecule has 0 aliphatic heterocycles. The number of benzene rings is 1. The Labute approximate surface area is 155 Å². The Morgan fingerprint density at radius 3 is 1.77 bits per heavy atom. The first-order valence-corrected chi connectivity index (χ1v) is 10.4. The van der Waals surface area contributed by atoms with Crippen molar-refractivity contribution < 1.29 is 0 Å². The summed E-state index contributed by atoms with van der Waals surface area (Å²) in [6, 6.07) is 4.71. The average Bonchev–Trinajstić information content (AvgIpc) is 2.51. The third-order valence-corrected chi connectivity index (χ3v) is 5.44. The van der Waals surface area contributed by atoms with Crippen LogP contribution >= 0.6 is 39.1 Å². The van der Waals surface area contributed by atoms with Crippen LogP contribution < -0.4 is 5.46 Å². The zero-order chi connectivity index (χ0) is 16.2. The van der Waals surface area contributed by atoms with Gasteiger partial charge in [-0.25, -0.2) is 0 Å². The lowest BCUT2D eigenvalue weighted by atomic mass is 9.86. The van der Waals surface area contributed by atoms with E-state index in [4.69, 9.17) is 23.2 Å². The Bertz CT molecular complexity index is 384. The number of halogens is 3. The first kappa shape index (κ1) is 20.4. The van der Waals surface area contributed by atoms with E-state index in [1.54, 1.807) is 0 Å². The average molecular weight is 406 g/mol. The van der Waals surface area contributed by atoms with Gasteiger partial charge in [-0.1, -0.05) is 58.7 Å². The summed E-state index contributed by atoms with van der Waals surface area (Å²) in [5.74, 6) is 1.59. The van der Waals surface area contributed by atoms with E-state index in [1.165, 1.54) is 72.4 Å². The molecule has 0 spiro atoms. The lowest BCUT2D eigenvalue weighted by Crippen LogP contribution is -2.12. The Morgan fingerprint density at radius 1 is 0.727 bits per heavy atom. The molecule has 0 bridgehead atoms. The fourth-order valence-corrected chi connectivity index (χ4v) is 3.74. The molecule has 124 valence electrons. The number of aryl methyl sites for hydroxylation is 2. The summed E-state index contributed by atoms with van der Waals surface area (Å²) in [6.07, 6.45) is 12.2. The van der Waals surface area contributed by atoms with Gasteiger partial charge in [0.25, 0.3) is 0 Å². The molecule has 1 aromatic carbocycles. The van der Waals surface area contributed by atoms with E-state index in [2.05, 4.69) is 35.9 Å². The van der Waals surface area contributed by atoms with Crippen LogP contribution in [0.4, 0.5) is 0 Å². The fourth-order valence-electron chi connectivity index (χ4n) is 2.77. The van der Waals surface area contributed by atoms with Crippen LogP contribution in [0.2, 0.25) is 0 Å². The molecule has 0 amide bonds. The van der Waals surface area contributed by atoms with Crippen LogP contribution in [0.3, 0.4) is 0 Å². The first-order chi connectivity index (χ1) is 10.7. The van der Waals surface area contributed by atoms with Crippen LogP contribution in [0.1, 0.15) is 62.5 Å². The van der Waals surface area contributed by atoms with Crippen molar-refractivity contribution >= 4 is 52.4 Å². The highest BCUT2D eigenvalue weighted by Gasteiger charge is 2.06. The number of hydrogen-bond acceptors (Lipinski definition) is 0. The molecule has 0 aliphatic rings. The zero-order valence-corrected chi connectivity index (χ0v) is 16.9. The van der Waals surface area contributed by atoms with Gasteiger partial charge in [-0.2, -0.15) is 0 Å². The molecule has 22 heavy (non-hydrogen) atoms. The van der Waals surface area contributed by atoms with E-state index in [0.717, 1.165) is 24.6 Å². The molecule has 0 unspecified atom stereocenters. The molecule has 1 aromatic rings. The molecular weight excluding hydrogens is 378 g/mol. The van der Waals surface area contributed by atoms with E-state index in [0.29, 0.717) is 0 Å². The summed E-state index contributed by atoms with van der Waals surface area (Å²) >= 11 is 15.2. The number of hydrogen-bond donors (Lipinski definition) is 0. The minimum atomic E-state index is 0.794. The van der Waals surface area contributed by atoms with Crippen molar-refractivity contribution in [1.82, 2.24) is 0 Å². The van der Waals surface area contributed by atoms with E-state index < -0.39 is 0 Å². The Morgan fingerprint density at radius 2 is 1.23 bits per heavy atom. The normalized spacial score (nSPS) is 11.0. The van der Waals surface area contributed by atoms with Gasteiger partial charge in [0.15, 0.2) is 0 Å². The van der Waals surface area contributed by atoms with Crippen molar-refractivity contribution in [2.45, 2.75) is 64.2 Å². The monoisotopic (exact) mass is 404 g/mol. The van der Waals surface area contributed by atoms with Crippen LogP contribution in [0.15, 0.2) is 16.6 Å². The van der Waals surface area contributed by atoms with Crippen molar-refractivity contribution in [3.05, 3.63) is 27.7 Å². The summed E-state index contributed by atoms with van der Waals surface area (Å²) in [4.78, 5) is 0. The van der Waals surface area contributed by atoms with E-state index >= 15 is 0 Å². The Hall–Kier alpha value is 0.345. The van der Waals surface area contributed by atoms with E-state index in [1.807, 2.05) is 0 Å². The van der Waals surface area contributed by atoms with Crippen LogP contribution in [-0.2, 0) is 12.8 Å². The summed E-state index contributed by atoms with van der Waals surface area (Å²) < 4.78 is 1.28. The predicted molar refractivity (Wildman–Crippen MR) is 108 cm³/mol. The summed E-state index contributed by atoms with van der Waals surface area (Å²) in [5.41, 5.74) is 4.38. The molecule has 0 saturated heterocycles. The minimum absolute atomic E-state index is 0.794. The molecule has 0 radical (unpaired) electrons. The lowest BCUT2D eigenvalue weighted by Gasteiger charge is -2.12. The van der Waals surface area contributed by atoms with Gasteiger partial charge < -0.3 is 0 Å². The first-order valence-electron chi connectivity index (χ1n) is 8.59. The molecule has 0 atom stereocenters. The summed E-state index contributed by atoms with van der Waals surface area (Å²) in [5, 5.41) is 0. The molecule has 4 heteroatoms. The molecule has 0 aliphatic carbocycles. The largest absolute Gasteiger partial charge is 0.139 e. The Balaban J connectivity index is 2.42. The lowest BCUT2D eigenvalue weighted by molar-refractivity contribution is 0.665. The highest BCUT2D eigenvalue weighted by atomic mass is 79.9. The van der Waals surface area contributed by atoms with Gasteiger partial charge >= 0.3 is 0 Å². The standard InChI is InChI=1S/C18H28BBrCl2/c19-17-13-16(10-6-2-4-8-12-22)18(20)14-15(17)9-5-1-3-7-11-21/h13-14H,1-12,19H2.